The molecule has 1 aromatic carbocycles. The van der Waals surface area contributed by atoms with Gasteiger partial charge < -0.3 is 24.8 Å². The van der Waals surface area contributed by atoms with Crippen molar-refractivity contribution in [2.75, 3.05) is 19.7 Å². The summed E-state index contributed by atoms with van der Waals surface area (Å²) < 4.78 is 47.5. The van der Waals surface area contributed by atoms with Crippen LogP contribution in [0.2, 0.25) is 0 Å². The number of nitrogens with one attached hydrogen (secondary N) is 1. The molecule has 1 unspecified atom stereocenters. The van der Waals surface area contributed by atoms with Crippen molar-refractivity contribution in [3.05, 3.63) is 29.8 Å². The molecule has 2 amide bonds. The van der Waals surface area contributed by atoms with Gasteiger partial charge >= 0.3 is 12.5 Å². The van der Waals surface area contributed by atoms with Crippen LogP contribution in [-0.4, -0.2) is 59.7 Å². The Kier molecular flexibility index (Phi) is 8.67. The molecule has 2 fully saturated rings. The third-order valence-corrected chi connectivity index (χ3v) is 6.48. The second-order valence-corrected chi connectivity index (χ2v) is 9.12. The average molecular weight is 487 g/mol. The summed E-state index contributed by atoms with van der Waals surface area (Å²) >= 11 is 0. The molecular formula is C24H33F3N2O5. The van der Waals surface area contributed by atoms with Crippen molar-refractivity contribution in [2.45, 2.75) is 82.2 Å². The van der Waals surface area contributed by atoms with Crippen molar-refractivity contribution in [3.63, 3.8) is 0 Å². The topological polar surface area (TPSA) is 88.1 Å². The standard InChI is InChI=1S/C24H33F3N2O5/c1-2-3-14-33-22(31)28-18-10-13-29(16-18)21(30)20(23(32)11-5-4-6-12-23)17-8-7-9-19(15-17)34-24(25,26)27/h7-9,15,18,20,32H,2-6,10-14,16H2,1H3,(H,28,31)/t18-,20?/m0/s1. The number of rotatable bonds is 8. The number of carbonyl (C=O) groups is 2. The van der Waals surface area contributed by atoms with Gasteiger partial charge in [-0.1, -0.05) is 44.7 Å². The SMILES string of the molecule is CCCCOC(=O)N[C@H]1CCN(C(=O)C(c2cccc(OC(F)(F)F)c2)C2(O)CCCCC2)C1. The molecule has 34 heavy (non-hydrogen) atoms. The minimum absolute atomic E-state index is 0.243. The van der Waals surface area contributed by atoms with E-state index in [9.17, 15) is 27.9 Å². The number of hydrogen-bond acceptors (Lipinski definition) is 5. The van der Waals surface area contributed by atoms with E-state index in [-0.39, 0.29) is 24.1 Å². The van der Waals surface area contributed by atoms with E-state index in [0.717, 1.165) is 32.1 Å². The van der Waals surface area contributed by atoms with Gasteiger partial charge in [0.15, 0.2) is 0 Å². The number of ether oxygens (including phenoxy) is 2. The van der Waals surface area contributed by atoms with Crippen molar-refractivity contribution in [2.24, 2.45) is 0 Å². The minimum atomic E-state index is -4.86. The summed E-state index contributed by atoms with van der Waals surface area (Å²) in [5, 5.41) is 14.2. The van der Waals surface area contributed by atoms with Crippen molar-refractivity contribution >= 4 is 12.0 Å². The summed E-state index contributed by atoms with van der Waals surface area (Å²) in [6.45, 7) is 2.92. The summed E-state index contributed by atoms with van der Waals surface area (Å²) in [4.78, 5) is 27.2. The highest BCUT2D eigenvalue weighted by atomic mass is 19.4. The minimum Gasteiger partial charge on any atom is -0.450 e. The molecule has 0 bridgehead atoms. The molecule has 3 rings (SSSR count). The number of alkyl carbamates (subject to hydrolysis) is 1. The van der Waals surface area contributed by atoms with Crippen LogP contribution in [0.25, 0.3) is 0 Å². The number of hydrogen-bond donors (Lipinski definition) is 2. The van der Waals surface area contributed by atoms with E-state index in [0.29, 0.717) is 32.4 Å². The normalized spacial score (nSPS) is 21.1. The molecule has 7 nitrogen and oxygen atoms in total. The Morgan fingerprint density at radius 2 is 2.00 bits per heavy atom. The molecule has 2 N–H and O–H groups in total. The fourth-order valence-corrected chi connectivity index (χ4v) is 4.80. The van der Waals surface area contributed by atoms with Crippen molar-refractivity contribution in [1.82, 2.24) is 10.2 Å². The molecule has 1 aromatic rings. The Morgan fingerprint density at radius 3 is 2.68 bits per heavy atom. The average Bonchev–Trinajstić information content (AvgIpc) is 3.22. The molecule has 10 heteroatoms. The maximum atomic E-state index is 13.6. The van der Waals surface area contributed by atoms with Gasteiger partial charge in [-0.05, 0) is 43.4 Å². The Hall–Kier alpha value is -2.49. The Balaban J connectivity index is 1.76. The van der Waals surface area contributed by atoms with Crippen LogP contribution in [0.15, 0.2) is 24.3 Å². The third-order valence-electron chi connectivity index (χ3n) is 6.48. The molecule has 0 radical (unpaired) electrons. The quantitative estimate of drug-likeness (QED) is 0.529. The Morgan fingerprint density at radius 1 is 1.26 bits per heavy atom. The molecule has 0 aromatic heterocycles. The largest absolute Gasteiger partial charge is 0.573 e. The van der Waals surface area contributed by atoms with Gasteiger partial charge in [-0.15, -0.1) is 13.2 Å². The predicted octanol–water partition coefficient (Wildman–Crippen LogP) is 4.49. The summed E-state index contributed by atoms with van der Waals surface area (Å²) in [5.41, 5.74) is -1.08. The first-order chi connectivity index (χ1) is 16.1. The molecule has 1 saturated carbocycles. The van der Waals surface area contributed by atoms with Gasteiger partial charge in [-0.3, -0.25) is 4.79 Å². The van der Waals surface area contributed by atoms with Crippen LogP contribution in [0, 0.1) is 0 Å². The van der Waals surface area contributed by atoms with Crippen LogP contribution < -0.4 is 10.1 Å². The molecule has 190 valence electrons. The van der Waals surface area contributed by atoms with Gasteiger partial charge in [-0.2, -0.15) is 0 Å². The first-order valence-electron chi connectivity index (χ1n) is 11.9. The zero-order chi connectivity index (χ0) is 24.8. The Bertz CT molecular complexity index is 842. The highest BCUT2D eigenvalue weighted by molar-refractivity contribution is 5.86. The predicted molar refractivity (Wildman–Crippen MR) is 118 cm³/mol. The lowest BCUT2D eigenvalue weighted by Gasteiger charge is -2.40. The maximum Gasteiger partial charge on any atom is 0.573 e. The molecule has 1 heterocycles. The number of alkyl halides is 3. The lowest BCUT2D eigenvalue weighted by molar-refractivity contribution is -0.274. The highest BCUT2D eigenvalue weighted by Crippen LogP contribution is 2.42. The van der Waals surface area contributed by atoms with Crippen LogP contribution in [-0.2, 0) is 9.53 Å². The Labute approximate surface area is 197 Å². The van der Waals surface area contributed by atoms with Crippen molar-refractivity contribution in [1.29, 1.82) is 0 Å². The maximum absolute atomic E-state index is 13.6. The van der Waals surface area contributed by atoms with Gasteiger partial charge in [0.25, 0.3) is 0 Å². The molecule has 2 aliphatic rings. The number of carbonyl (C=O) groups excluding carboxylic acids is 2. The van der Waals surface area contributed by atoms with E-state index in [2.05, 4.69) is 10.1 Å². The number of aliphatic hydroxyl groups is 1. The zero-order valence-corrected chi connectivity index (χ0v) is 19.4. The molecule has 0 spiro atoms. The summed E-state index contributed by atoms with van der Waals surface area (Å²) in [6.07, 6.45) is -0.0578. The van der Waals surface area contributed by atoms with E-state index in [4.69, 9.17) is 4.74 Å². The van der Waals surface area contributed by atoms with E-state index >= 15 is 0 Å². The smallest absolute Gasteiger partial charge is 0.450 e. The molecule has 1 aliphatic carbocycles. The van der Waals surface area contributed by atoms with Gasteiger partial charge in [0.2, 0.25) is 5.91 Å². The van der Waals surface area contributed by atoms with E-state index < -0.39 is 29.7 Å². The molecule has 2 atom stereocenters. The zero-order valence-electron chi connectivity index (χ0n) is 19.4. The van der Waals surface area contributed by atoms with Crippen molar-refractivity contribution < 1.29 is 37.3 Å². The second kappa shape index (κ2) is 11.3. The summed E-state index contributed by atoms with van der Waals surface area (Å²) in [6, 6.07) is 5.00. The number of unbranched alkanes of at least 4 members (excludes halogenated alkanes) is 1. The second-order valence-electron chi connectivity index (χ2n) is 9.12. The monoisotopic (exact) mass is 486 g/mol. The van der Waals surface area contributed by atoms with Crippen LogP contribution in [0.5, 0.6) is 5.75 Å². The van der Waals surface area contributed by atoms with Crippen LogP contribution in [0.3, 0.4) is 0 Å². The third kappa shape index (κ3) is 7.01. The fourth-order valence-electron chi connectivity index (χ4n) is 4.80. The number of nitrogens with zero attached hydrogens (tertiary/aromatic N) is 1. The van der Waals surface area contributed by atoms with Crippen LogP contribution in [0.4, 0.5) is 18.0 Å². The fraction of sp³-hybridized carbons (Fsp3) is 0.667. The van der Waals surface area contributed by atoms with E-state index in [1.54, 1.807) is 11.0 Å². The lowest BCUT2D eigenvalue weighted by atomic mass is 9.72. The molecule has 1 saturated heterocycles. The van der Waals surface area contributed by atoms with E-state index in [1.807, 2.05) is 6.92 Å². The van der Waals surface area contributed by atoms with Gasteiger partial charge in [0.05, 0.1) is 24.2 Å². The lowest BCUT2D eigenvalue weighted by Crippen LogP contribution is -2.48. The first-order valence-corrected chi connectivity index (χ1v) is 11.9. The number of likely N-dealkylation sites (tertiary alicyclic amines) is 1. The highest BCUT2D eigenvalue weighted by Gasteiger charge is 2.46. The van der Waals surface area contributed by atoms with Crippen LogP contribution >= 0.6 is 0 Å². The van der Waals surface area contributed by atoms with E-state index in [1.165, 1.54) is 18.2 Å². The molecule has 1 aliphatic heterocycles. The first kappa shape index (κ1) is 26.1. The number of amides is 2. The summed E-state index contributed by atoms with van der Waals surface area (Å²) in [7, 11) is 0. The van der Waals surface area contributed by atoms with Crippen molar-refractivity contribution in [3.8, 4) is 5.75 Å². The van der Waals surface area contributed by atoms with Gasteiger partial charge in [0.1, 0.15) is 5.75 Å². The summed E-state index contributed by atoms with van der Waals surface area (Å²) in [5.74, 6) is -1.82. The van der Waals surface area contributed by atoms with Crippen LogP contribution in [0.1, 0.15) is 69.8 Å². The number of benzene rings is 1. The van der Waals surface area contributed by atoms with Gasteiger partial charge in [-0.25, -0.2) is 4.79 Å². The number of halogens is 3. The van der Waals surface area contributed by atoms with Gasteiger partial charge in [0, 0.05) is 13.1 Å². The molecular weight excluding hydrogens is 453 g/mol.